The minimum Gasteiger partial charge on any atom is -0.384 e. The predicted molar refractivity (Wildman–Crippen MR) is 66.4 cm³/mol. The summed E-state index contributed by atoms with van der Waals surface area (Å²) in [6, 6.07) is 10.5. The normalized spacial score (nSPS) is 12.7. The SMILES string of the molecule is Cc1cccc(C(C)n2nc(C)cc2N)c1. The summed E-state index contributed by atoms with van der Waals surface area (Å²) >= 11 is 0. The van der Waals surface area contributed by atoms with Gasteiger partial charge in [-0.15, -0.1) is 0 Å². The fourth-order valence-electron chi connectivity index (χ4n) is 1.92. The number of hydrogen-bond donors (Lipinski definition) is 1. The van der Waals surface area contributed by atoms with Gasteiger partial charge in [-0.1, -0.05) is 29.8 Å². The van der Waals surface area contributed by atoms with Crippen molar-refractivity contribution in [2.75, 3.05) is 5.73 Å². The van der Waals surface area contributed by atoms with Crippen molar-refractivity contribution in [3.05, 3.63) is 47.2 Å². The Kier molecular flexibility index (Phi) is 2.69. The maximum atomic E-state index is 5.92. The fraction of sp³-hybridized carbons (Fsp3) is 0.308. The van der Waals surface area contributed by atoms with E-state index in [1.807, 2.05) is 17.7 Å². The van der Waals surface area contributed by atoms with Crippen molar-refractivity contribution >= 4 is 5.82 Å². The van der Waals surface area contributed by atoms with E-state index < -0.39 is 0 Å². The standard InChI is InChI=1S/C13H17N3/c1-9-5-4-6-12(7-9)11(3)16-13(14)8-10(2)15-16/h4-8,11H,14H2,1-3H3. The maximum absolute atomic E-state index is 5.92. The molecule has 1 atom stereocenters. The lowest BCUT2D eigenvalue weighted by molar-refractivity contribution is 0.568. The highest BCUT2D eigenvalue weighted by atomic mass is 15.3. The first-order chi connectivity index (χ1) is 7.58. The van der Waals surface area contributed by atoms with Gasteiger partial charge in [-0.2, -0.15) is 5.10 Å². The lowest BCUT2D eigenvalue weighted by Crippen LogP contribution is -2.11. The van der Waals surface area contributed by atoms with Crippen molar-refractivity contribution in [2.24, 2.45) is 0 Å². The van der Waals surface area contributed by atoms with E-state index in [1.54, 1.807) is 0 Å². The molecule has 2 N–H and O–H groups in total. The van der Waals surface area contributed by atoms with Crippen LogP contribution in [0.15, 0.2) is 30.3 Å². The van der Waals surface area contributed by atoms with Crippen LogP contribution in [0.3, 0.4) is 0 Å². The van der Waals surface area contributed by atoms with Crippen molar-refractivity contribution in [3.63, 3.8) is 0 Å². The molecule has 0 aliphatic rings. The summed E-state index contributed by atoms with van der Waals surface area (Å²) in [5.41, 5.74) is 9.36. The van der Waals surface area contributed by atoms with Crippen LogP contribution in [0.2, 0.25) is 0 Å². The molecule has 84 valence electrons. The van der Waals surface area contributed by atoms with Crippen LogP contribution < -0.4 is 5.73 Å². The first kappa shape index (κ1) is 10.7. The van der Waals surface area contributed by atoms with Crippen molar-refractivity contribution in [3.8, 4) is 0 Å². The molecular formula is C13H17N3. The van der Waals surface area contributed by atoms with Gasteiger partial charge in [0.05, 0.1) is 11.7 Å². The Morgan fingerprint density at radius 3 is 2.56 bits per heavy atom. The van der Waals surface area contributed by atoms with Gasteiger partial charge in [-0.05, 0) is 26.3 Å². The summed E-state index contributed by atoms with van der Waals surface area (Å²) in [7, 11) is 0. The quantitative estimate of drug-likeness (QED) is 0.837. The largest absolute Gasteiger partial charge is 0.384 e. The van der Waals surface area contributed by atoms with Gasteiger partial charge in [0.2, 0.25) is 0 Å². The summed E-state index contributed by atoms with van der Waals surface area (Å²) in [5.74, 6) is 0.714. The molecule has 0 amide bonds. The van der Waals surface area contributed by atoms with Crippen LogP contribution in [-0.4, -0.2) is 9.78 Å². The number of anilines is 1. The Labute approximate surface area is 95.9 Å². The molecular weight excluding hydrogens is 198 g/mol. The Balaban J connectivity index is 2.38. The van der Waals surface area contributed by atoms with Gasteiger partial charge in [-0.3, -0.25) is 0 Å². The first-order valence-corrected chi connectivity index (χ1v) is 5.46. The Morgan fingerprint density at radius 2 is 2.00 bits per heavy atom. The highest BCUT2D eigenvalue weighted by molar-refractivity contribution is 5.34. The molecule has 0 saturated carbocycles. The number of aryl methyl sites for hydroxylation is 2. The van der Waals surface area contributed by atoms with Crippen molar-refractivity contribution in [1.29, 1.82) is 0 Å². The van der Waals surface area contributed by atoms with E-state index in [0.717, 1.165) is 5.69 Å². The van der Waals surface area contributed by atoms with Gasteiger partial charge in [0.25, 0.3) is 0 Å². The summed E-state index contributed by atoms with van der Waals surface area (Å²) < 4.78 is 1.87. The zero-order valence-corrected chi connectivity index (χ0v) is 9.94. The number of nitrogen functional groups attached to an aromatic ring is 1. The number of aromatic nitrogens is 2. The minimum absolute atomic E-state index is 0.175. The first-order valence-electron chi connectivity index (χ1n) is 5.46. The van der Waals surface area contributed by atoms with E-state index in [1.165, 1.54) is 11.1 Å². The van der Waals surface area contributed by atoms with E-state index in [9.17, 15) is 0 Å². The molecule has 3 heteroatoms. The monoisotopic (exact) mass is 215 g/mol. The predicted octanol–water partition coefficient (Wildman–Crippen LogP) is 2.69. The van der Waals surface area contributed by atoms with Crippen LogP contribution in [0.4, 0.5) is 5.82 Å². The molecule has 16 heavy (non-hydrogen) atoms. The second-order valence-corrected chi connectivity index (χ2v) is 4.25. The van der Waals surface area contributed by atoms with Crippen molar-refractivity contribution < 1.29 is 0 Å². The molecule has 1 unspecified atom stereocenters. The summed E-state index contributed by atoms with van der Waals surface area (Å²) in [6.07, 6.45) is 0. The van der Waals surface area contributed by atoms with Gasteiger partial charge < -0.3 is 5.73 Å². The molecule has 3 nitrogen and oxygen atoms in total. The van der Waals surface area contributed by atoms with E-state index in [2.05, 4.69) is 43.2 Å². The molecule has 1 heterocycles. The molecule has 0 fully saturated rings. The number of benzene rings is 1. The second kappa shape index (κ2) is 4.00. The van der Waals surface area contributed by atoms with Crippen LogP contribution in [0.1, 0.15) is 29.8 Å². The number of hydrogen-bond acceptors (Lipinski definition) is 2. The second-order valence-electron chi connectivity index (χ2n) is 4.25. The third-order valence-corrected chi connectivity index (χ3v) is 2.78. The van der Waals surface area contributed by atoms with Gasteiger partial charge in [0.1, 0.15) is 5.82 Å². The van der Waals surface area contributed by atoms with E-state index in [4.69, 9.17) is 5.73 Å². The van der Waals surface area contributed by atoms with Gasteiger partial charge in [0.15, 0.2) is 0 Å². The van der Waals surface area contributed by atoms with Crippen molar-refractivity contribution in [2.45, 2.75) is 26.8 Å². The number of nitrogens with two attached hydrogens (primary N) is 1. The van der Waals surface area contributed by atoms with E-state index >= 15 is 0 Å². The summed E-state index contributed by atoms with van der Waals surface area (Å²) in [6.45, 7) is 6.15. The highest BCUT2D eigenvalue weighted by Crippen LogP contribution is 2.21. The molecule has 0 radical (unpaired) electrons. The lowest BCUT2D eigenvalue weighted by atomic mass is 10.1. The minimum atomic E-state index is 0.175. The van der Waals surface area contributed by atoms with Gasteiger partial charge in [-0.25, -0.2) is 4.68 Å². The Bertz CT molecular complexity index is 500. The third kappa shape index (κ3) is 1.94. The smallest absolute Gasteiger partial charge is 0.122 e. The average molecular weight is 215 g/mol. The summed E-state index contributed by atoms with van der Waals surface area (Å²) in [4.78, 5) is 0. The lowest BCUT2D eigenvalue weighted by Gasteiger charge is -2.14. The van der Waals surface area contributed by atoms with Crippen LogP contribution in [0.5, 0.6) is 0 Å². The number of rotatable bonds is 2. The van der Waals surface area contributed by atoms with Crippen LogP contribution >= 0.6 is 0 Å². The van der Waals surface area contributed by atoms with Crippen LogP contribution in [0.25, 0.3) is 0 Å². The molecule has 0 aliphatic carbocycles. The van der Waals surface area contributed by atoms with Gasteiger partial charge >= 0.3 is 0 Å². The molecule has 1 aromatic heterocycles. The Hall–Kier alpha value is -1.77. The molecule has 2 rings (SSSR count). The Morgan fingerprint density at radius 1 is 1.25 bits per heavy atom. The zero-order valence-electron chi connectivity index (χ0n) is 9.94. The average Bonchev–Trinajstić information content (AvgIpc) is 2.57. The topological polar surface area (TPSA) is 43.8 Å². The highest BCUT2D eigenvalue weighted by Gasteiger charge is 2.11. The number of nitrogens with zero attached hydrogens (tertiary/aromatic N) is 2. The molecule has 0 saturated heterocycles. The van der Waals surface area contributed by atoms with E-state index in [-0.39, 0.29) is 6.04 Å². The maximum Gasteiger partial charge on any atom is 0.122 e. The molecule has 0 aliphatic heterocycles. The van der Waals surface area contributed by atoms with Gasteiger partial charge in [0, 0.05) is 6.07 Å². The van der Waals surface area contributed by atoms with E-state index in [0.29, 0.717) is 5.82 Å². The summed E-state index contributed by atoms with van der Waals surface area (Å²) in [5, 5.41) is 4.41. The molecule has 0 bridgehead atoms. The fourth-order valence-corrected chi connectivity index (χ4v) is 1.92. The zero-order chi connectivity index (χ0) is 11.7. The molecule has 1 aromatic carbocycles. The van der Waals surface area contributed by atoms with Crippen LogP contribution in [-0.2, 0) is 0 Å². The molecule has 2 aromatic rings. The van der Waals surface area contributed by atoms with Crippen LogP contribution in [0, 0.1) is 13.8 Å². The van der Waals surface area contributed by atoms with Crippen molar-refractivity contribution in [1.82, 2.24) is 9.78 Å². The molecule has 0 spiro atoms. The third-order valence-electron chi connectivity index (χ3n) is 2.78.